The van der Waals surface area contributed by atoms with Crippen molar-refractivity contribution in [3.8, 4) is 11.5 Å². The van der Waals surface area contributed by atoms with E-state index < -0.39 is 5.91 Å². The van der Waals surface area contributed by atoms with Gasteiger partial charge in [0.05, 0.1) is 0 Å². The number of aromatic amines is 1. The predicted octanol–water partition coefficient (Wildman–Crippen LogP) is 1.36. The van der Waals surface area contributed by atoms with Gasteiger partial charge in [0.1, 0.15) is 24.1 Å². The van der Waals surface area contributed by atoms with Crippen LogP contribution >= 0.6 is 0 Å². The normalized spacial score (nSPS) is 11.1. The Hall–Kier alpha value is -3.62. The van der Waals surface area contributed by atoms with E-state index in [0.29, 0.717) is 17.3 Å². The minimum atomic E-state index is -0.400. The summed E-state index contributed by atoms with van der Waals surface area (Å²) in [6.45, 7) is -0.188. The predicted molar refractivity (Wildman–Crippen MR) is 89.9 cm³/mol. The number of furan rings is 1. The van der Waals surface area contributed by atoms with E-state index in [1.807, 2.05) is 30.3 Å². The maximum Gasteiger partial charge on any atom is 0.345 e. The van der Waals surface area contributed by atoms with Gasteiger partial charge in [-0.15, -0.1) is 0 Å². The Balaban J connectivity index is 1.50. The van der Waals surface area contributed by atoms with E-state index in [4.69, 9.17) is 4.42 Å². The number of aryl methyl sites for hydroxylation is 1. The smallest absolute Gasteiger partial charge is 0.345 e. The molecule has 0 spiro atoms. The molecule has 0 bridgehead atoms. The van der Waals surface area contributed by atoms with E-state index in [0.717, 1.165) is 15.7 Å². The molecule has 9 heteroatoms. The lowest BCUT2D eigenvalue weighted by Crippen LogP contribution is -2.29. The minimum Gasteiger partial charge on any atom is -0.454 e. The number of H-pyrrole nitrogens is 1. The van der Waals surface area contributed by atoms with E-state index in [1.165, 1.54) is 10.9 Å². The third-order valence-electron chi connectivity index (χ3n) is 3.72. The summed E-state index contributed by atoms with van der Waals surface area (Å²) in [6.07, 6.45) is 1.35. The van der Waals surface area contributed by atoms with Crippen LogP contribution in [0.25, 0.3) is 22.4 Å². The van der Waals surface area contributed by atoms with Crippen LogP contribution < -0.4 is 11.0 Å². The maximum absolute atomic E-state index is 12.0. The highest BCUT2D eigenvalue weighted by molar-refractivity contribution is 5.90. The quantitative estimate of drug-likeness (QED) is 0.583. The molecule has 0 fully saturated rings. The highest BCUT2D eigenvalue weighted by Crippen LogP contribution is 2.27. The van der Waals surface area contributed by atoms with E-state index in [-0.39, 0.29) is 12.2 Å². The molecule has 4 rings (SSSR count). The lowest BCUT2D eigenvalue weighted by atomic mass is 10.2. The molecule has 3 aromatic heterocycles. The zero-order valence-electron chi connectivity index (χ0n) is 13.3. The van der Waals surface area contributed by atoms with Crippen LogP contribution in [0.3, 0.4) is 0 Å². The van der Waals surface area contributed by atoms with Gasteiger partial charge < -0.3 is 9.73 Å². The molecular weight excluding hydrogens is 324 g/mol. The number of rotatable bonds is 4. The van der Waals surface area contributed by atoms with Crippen LogP contribution in [0.2, 0.25) is 0 Å². The third-order valence-corrected chi connectivity index (χ3v) is 3.72. The number of carbonyl (C=O) groups is 1. The highest BCUT2D eigenvalue weighted by Gasteiger charge is 2.12. The summed E-state index contributed by atoms with van der Waals surface area (Å²) >= 11 is 0. The van der Waals surface area contributed by atoms with Crippen molar-refractivity contribution in [2.24, 2.45) is 7.05 Å². The van der Waals surface area contributed by atoms with Gasteiger partial charge in [-0.2, -0.15) is 10.2 Å². The number of anilines is 1. The monoisotopic (exact) mass is 338 g/mol. The Morgan fingerprint density at radius 1 is 1.32 bits per heavy atom. The van der Waals surface area contributed by atoms with Crippen LogP contribution in [0.4, 0.5) is 5.82 Å². The van der Waals surface area contributed by atoms with Crippen LogP contribution in [0, 0.1) is 0 Å². The fraction of sp³-hybridized carbons (Fsp3) is 0.125. The van der Waals surface area contributed by atoms with Gasteiger partial charge in [0, 0.05) is 18.5 Å². The summed E-state index contributed by atoms with van der Waals surface area (Å²) in [6, 6.07) is 11.2. The Labute approximate surface area is 140 Å². The topological polar surface area (TPSA) is 111 Å². The first-order valence-corrected chi connectivity index (χ1v) is 7.53. The molecule has 3 heterocycles. The van der Waals surface area contributed by atoms with Gasteiger partial charge in [-0.3, -0.25) is 14.5 Å². The van der Waals surface area contributed by atoms with Crippen LogP contribution in [0.1, 0.15) is 0 Å². The Morgan fingerprint density at radius 2 is 2.16 bits per heavy atom. The summed E-state index contributed by atoms with van der Waals surface area (Å²) in [5.74, 6) is 0.558. The molecule has 25 heavy (non-hydrogen) atoms. The average Bonchev–Trinajstić information content (AvgIpc) is 3.29. The van der Waals surface area contributed by atoms with Crippen molar-refractivity contribution in [1.82, 2.24) is 24.5 Å². The number of benzene rings is 1. The minimum absolute atomic E-state index is 0.188. The first kappa shape index (κ1) is 14.9. The summed E-state index contributed by atoms with van der Waals surface area (Å²) in [5, 5.41) is 14.3. The Bertz CT molecular complexity index is 1080. The number of carbonyl (C=O) groups excluding carboxylic acids is 1. The number of hydrogen-bond acceptors (Lipinski definition) is 5. The summed E-state index contributed by atoms with van der Waals surface area (Å²) in [4.78, 5) is 23.7. The zero-order chi connectivity index (χ0) is 17.4. The standard InChI is InChI=1S/C16H14N6O3/c1-21-9-17-22(16(21)24)8-15(23)18-14-7-11(19-20-14)13-6-10-4-2-3-5-12(10)25-13/h2-7,9H,8H2,1H3,(H2,18,19,20,23). The molecule has 2 N–H and O–H groups in total. The second-order valence-corrected chi connectivity index (χ2v) is 5.55. The van der Waals surface area contributed by atoms with E-state index in [2.05, 4.69) is 20.6 Å². The molecule has 0 unspecified atom stereocenters. The third kappa shape index (κ3) is 2.82. The number of fused-ring (bicyclic) bond motifs is 1. The molecule has 0 saturated carbocycles. The van der Waals surface area contributed by atoms with Gasteiger partial charge in [0.15, 0.2) is 11.6 Å². The highest BCUT2D eigenvalue weighted by atomic mass is 16.3. The maximum atomic E-state index is 12.0. The molecule has 126 valence electrons. The van der Waals surface area contributed by atoms with Gasteiger partial charge in [-0.1, -0.05) is 18.2 Å². The van der Waals surface area contributed by atoms with Crippen LogP contribution in [0.15, 0.2) is 51.9 Å². The largest absolute Gasteiger partial charge is 0.454 e. The number of nitrogens with one attached hydrogen (secondary N) is 2. The number of amides is 1. The van der Waals surface area contributed by atoms with Gasteiger partial charge in [-0.25, -0.2) is 9.48 Å². The second kappa shape index (κ2) is 5.78. The molecule has 0 atom stereocenters. The van der Waals surface area contributed by atoms with Gasteiger partial charge >= 0.3 is 5.69 Å². The first-order valence-electron chi connectivity index (χ1n) is 7.53. The van der Waals surface area contributed by atoms with Crippen LogP contribution in [0.5, 0.6) is 0 Å². The molecule has 4 aromatic rings. The first-order chi connectivity index (χ1) is 12.1. The summed E-state index contributed by atoms with van der Waals surface area (Å²) in [5.41, 5.74) is 1.05. The van der Waals surface area contributed by atoms with E-state index >= 15 is 0 Å². The van der Waals surface area contributed by atoms with Crippen molar-refractivity contribution < 1.29 is 9.21 Å². The van der Waals surface area contributed by atoms with Crippen molar-refractivity contribution in [3.05, 3.63) is 53.2 Å². The van der Waals surface area contributed by atoms with Gasteiger partial charge in [0.2, 0.25) is 5.91 Å². The fourth-order valence-electron chi connectivity index (χ4n) is 2.47. The van der Waals surface area contributed by atoms with Crippen LogP contribution in [-0.4, -0.2) is 30.5 Å². The number of nitrogens with zero attached hydrogens (tertiary/aromatic N) is 4. The number of hydrogen-bond donors (Lipinski definition) is 2. The van der Waals surface area contributed by atoms with Crippen molar-refractivity contribution in [2.75, 3.05) is 5.32 Å². The Morgan fingerprint density at radius 3 is 2.92 bits per heavy atom. The SMILES string of the molecule is Cn1cnn(CC(=O)Nc2cc(-c3cc4ccccc4o3)[nH]n2)c1=O. The Kier molecular flexibility index (Phi) is 3.46. The molecule has 0 aliphatic rings. The molecule has 0 saturated heterocycles. The molecule has 9 nitrogen and oxygen atoms in total. The molecule has 0 aliphatic heterocycles. The van der Waals surface area contributed by atoms with Crippen molar-refractivity contribution >= 4 is 22.7 Å². The number of para-hydroxylation sites is 1. The van der Waals surface area contributed by atoms with Crippen molar-refractivity contribution in [1.29, 1.82) is 0 Å². The average molecular weight is 338 g/mol. The summed E-state index contributed by atoms with van der Waals surface area (Å²) in [7, 11) is 1.57. The summed E-state index contributed by atoms with van der Waals surface area (Å²) < 4.78 is 8.11. The van der Waals surface area contributed by atoms with Gasteiger partial charge in [-0.05, 0) is 12.1 Å². The molecule has 0 radical (unpaired) electrons. The lowest BCUT2D eigenvalue weighted by Gasteiger charge is -2.00. The van der Waals surface area contributed by atoms with Crippen molar-refractivity contribution in [3.63, 3.8) is 0 Å². The van der Waals surface area contributed by atoms with E-state index in [1.54, 1.807) is 13.1 Å². The van der Waals surface area contributed by atoms with Gasteiger partial charge in [0.25, 0.3) is 0 Å². The zero-order valence-corrected chi connectivity index (χ0v) is 13.3. The molecule has 0 aliphatic carbocycles. The lowest BCUT2D eigenvalue weighted by molar-refractivity contribution is -0.117. The van der Waals surface area contributed by atoms with Crippen molar-refractivity contribution in [2.45, 2.75) is 6.54 Å². The van der Waals surface area contributed by atoms with E-state index in [9.17, 15) is 9.59 Å². The number of aromatic nitrogens is 5. The molecule has 1 amide bonds. The second-order valence-electron chi connectivity index (χ2n) is 5.55. The molecular formula is C16H14N6O3. The van der Waals surface area contributed by atoms with Crippen LogP contribution in [-0.2, 0) is 18.4 Å². The fourth-order valence-corrected chi connectivity index (χ4v) is 2.47. The molecule has 1 aromatic carbocycles.